The van der Waals surface area contributed by atoms with E-state index in [2.05, 4.69) is 16.8 Å². The molecular formula is C17H33N3O3. The predicted molar refractivity (Wildman–Crippen MR) is 90.4 cm³/mol. The maximum Gasteiger partial charge on any atom is 0.236 e. The van der Waals surface area contributed by atoms with Crippen LogP contribution < -0.4 is 0 Å². The van der Waals surface area contributed by atoms with Crippen LogP contribution in [-0.4, -0.2) is 97.9 Å². The third-order valence-electron chi connectivity index (χ3n) is 5.55. The van der Waals surface area contributed by atoms with E-state index in [1.807, 2.05) is 18.7 Å². The van der Waals surface area contributed by atoms with Gasteiger partial charge in [-0.15, -0.1) is 0 Å². The quantitative estimate of drug-likeness (QED) is 0.803. The van der Waals surface area contributed by atoms with Gasteiger partial charge < -0.3 is 19.6 Å². The molecule has 0 aromatic heterocycles. The Labute approximate surface area is 140 Å². The summed E-state index contributed by atoms with van der Waals surface area (Å²) in [6, 6.07) is 0. The van der Waals surface area contributed by atoms with Gasteiger partial charge in [-0.3, -0.25) is 9.69 Å². The number of methoxy groups -OCH3 is 1. The summed E-state index contributed by atoms with van der Waals surface area (Å²) in [5, 5.41) is 10.8. The number of rotatable bonds is 4. The Hall–Kier alpha value is -0.690. The summed E-state index contributed by atoms with van der Waals surface area (Å²) >= 11 is 0. The molecule has 2 aliphatic rings. The number of piperidine rings is 1. The van der Waals surface area contributed by atoms with Crippen molar-refractivity contribution in [3.8, 4) is 0 Å². The number of amides is 1. The van der Waals surface area contributed by atoms with Gasteiger partial charge in [0, 0.05) is 38.7 Å². The molecule has 0 unspecified atom stereocenters. The van der Waals surface area contributed by atoms with Gasteiger partial charge in [0.15, 0.2) is 0 Å². The lowest BCUT2D eigenvalue weighted by atomic mass is 9.70. The molecule has 2 fully saturated rings. The van der Waals surface area contributed by atoms with Crippen molar-refractivity contribution in [3.63, 3.8) is 0 Å². The molecule has 0 spiro atoms. The molecule has 2 aliphatic heterocycles. The van der Waals surface area contributed by atoms with Crippen molar-refractivity contribution in [2.75, 3.05) is 66.6 Å². The first-order valence-electron chi connectivity index (χ1n) is 8.67. The van der Waals surface area contributed by atoms with Crippen molar-refractivity contribution in [2.24, 2.45) is 5.41 Å². The van der Waals surface area contributed by atoms with E-state index in [4.69, 9.17) is 4.74 Å². The highest BCUT2D eigenvalue weighted by Crippen LogP contribution is 2.38. The van der Waals surface area contributed by atoms with Gasteiger partial charge in [0.2, 0.25) is 5.91 Å². The molecule has 1 N–H and O–H groups in total. The van der Waals surface area contributed by atoms with E-state index in [0.29, 0.717) is 32.7 Å². The average Bonchev–Trinajstić information content (AvgIpc) is 2.67. The zero-order valence-electron chi connectivity index (χ0n) is 15.2. The Morgan fingerprint density at radius 1 is 1.17 bits per heavy atom. The maximum absolute atomic E-state index is 12.7. The van der Waals surface area contributed by atoms with Crippen LogP contribution in [0.1, 0.15) is 26.7 Å². The topological polar surface area (TPSA) is 56.3 Å². The number of hydrogen-bond donors (Lipinski definition) is 1. The molecule has 0 aromatic rings. The smallest absolute Gasteiger partial charge is 0.236 e. The van der Waals surface area contributed by atoms with Gasteiger partial charge in [-0.2, -0.15) is 0 Å². The van der Waals surface area contributed by atoms with E-state index in [1.165, 1.54) is 0 Å². The second-order valence-electron chi connectivity index (χ2n) is 7.85. The number of likely N-dealkylation sites (tertiary alicyclic amines) is 1. The summed E-state index contributed by atoms with van der Waals surface area (Å²) in [5.74, 6) is 0.182. The summed E-state index contributed by atoms with van der Waals surface area (Å²) in [4.78, 5) is 19.2. The molecule has 6 nitrogen and oxygen atoms in total. The first kappa shape index (κ1) is 18.6. The lowest BCUT2D eigenvalue weighted by Crippen LogP contribution is -2.61. The number of carbonyl (C=O) groups excluding carboxylic acids is 1. The molecule has 6 heteroatoms. The molecule has 134 valence electrons. The summed E-state index contributed by atoms with van der Waals surface area (Å²) < 4.78 is 5.19. The van der Waals surface area contributed by atoms with Crippen LogP contribution >= 0.6 is 0 Å². The normalized spacial score (nSPS) is 30.2. The Kier molecular flexibility index (Phi) is 6.05. The second kappa shape index (κ2) is 7.47. The van der Waals surface area contributed by atoms with E-state index >= 15 is 0 Å². The SMILES string of the molecule is COC[C@]1(O)CCN(C(=O)CN2CCCN(C)CC2)CC1(C)C. The lowest BCUT2D eigenvalue weighted by Gasteiger charge is -2.50. The van der Waals surface area contributed by atoms with Crippen LogP contribution in [0.25, 0.3) is 0 Å². The fourth-order valence-electron chi connectivity index (χ4n) is 3.63. The fraction of sp³-hybridized carbons (Fsp3) is 0.941. The van der Waals surface area contributed by atoms with E-state index in [9.17, 15) is 9.90 Å². The second-order valence-corrected chi connectivity index (χ2v) is 7.85. The Bertz CT molecular complexity index is 416. The van der Waals surface area contributed by atoms with Crippen LogP contribution in [0.2, 0.25) is 0 Å². The summed E-state index contributed by atoms with van der Waals surface area (Å²) in [6.45, 7) is 10.1. The van der Waals surface area contributed by atoms with Crippen molar-refractivity contribution < 1.29 is 14.6 Å². The molecule has 0 radical (unpaired) electrons. The Balaban J connectivity index is 1.91. The highest BCUT2D eigenvalue weighted by Gasteiger charge is 2.48. The van der Waals surface area contributed by atoms with Crippen molar-refractivity contribution in [1.29, 1.82) is 0 Å². The highest BCUT2D eigenvalue weighted by atomic mass is 16.5. The summed E-state index contributed by atoms with van der Waals surface area (Å²) in [5.41, 5.74) is -1.22. The van der Waals surface area contributed by atoms with Gasteiger partial charge in [-0.25, -0.2) is 0 Å². The van der Waals surface area contributed by atoms with Crippen LogP contribution in [0.15, 0.2) is 0 Å². The van der Waals surface area contributed by atoms with Crippen LogP contribution in [0.5, 0.6) is 0 Å². The number of hydrogen-bond acceptors (Lipinski definition) is 5. The molecule has 0 saturated carbocycles. The third kappa shape index (κ3) is 4.44. The molecule has 2 rings (SSSR count). The maximum atomic E-state index is 12.7. The number of carbonyl (C=O) groups is 1. The molecule has 0 aromatic carbocycles. The summed E-state index contributed by atoms with van der Waals surface area (Å²) in [6.07, 6.45) is 1.69. The van der Waals surface area contributed by atoms with Gasteiger partial charge in [0.05, 0.1) is 18.8 Å². The molecular weight excluding hydrogens is 294 g/mol. The van der Waals surface area contributed by atoms with Gasteiger partial charge in [-0.1, -0.05) is 13.8 Å². The number of ether oxygens (including phenoxy) is 1. The number of likely N-dealkylation sites (N-methyl/N-ethyl adjacent to an activating group) is 1. The van der Waals surface area contributed by atoms with Crippen molar-refractivity contribution in [2.45, 2.75) is 32.3 Å². The van der Waals surface area contributed by atoms with Crippen molar-refractivity contribution >= 4 is 5.91 Å². The summed E-state index contributed by atoms with van der Waals surface area (Å²) in [7, 11) is 3.75. The molecule has 1 atom stereocenters. The van der Waals surface area contributed by atoms with Gasteiger partial charge in [0.1, 0.15) is 0 Å². The molecule has 0 bridgehead atoms. The number of aliphatic hydroxyl groups is 1. The van der Waals surface area contributed by atoms with Gasteiger partial charge in [-0.05, 0) is 33.0 Å². The van der Waals surface area contributed by atoms with E-state index in [1.54, 1.807) is 7.11 Å². The lowest BCUT2D eigenvalue weighted by molar-refractivity contribution is -0.164. The molecule has 2 saturated heterocycles. The van der Waals surface area contributed by atoms with E-state index in [0.717, 1.165) is 32.6 Å². The standard InChI is InChI=1S/C17H33N3O3/c1-16(2)13-20(9-6-17(16,22)14-23-4)15(21)12-19-8-5-7-18(3)10-11-19/h22H,5-14H2,1-4H3/t17-/m1/s1. The zero-order valence-corrected chi connectivity index (χ0v) is 15.2. The van der Waals surface area contributed by atoms with Gasteiger partial charge >= 0.3 is 0 Å². The van der Waals surface area contributed by atoms with Crippen molar-refractivity contribution in [1.82, 2.24) is 14.7 Å². The van der Waals surface area contributed by atoms with Crippen LogP contribution in [-0.2, 0) is 9.53 Å². The molecule has 1 amide bonds. The van der Waals surface area contributed by atoms with Gasteiger partial charge in [0.25, 0.3) is 0 Å². The zero-order chi connectivity index (χ0) is 17.1. The van der Waals surface area contributed by atoms with Crippen LogP contribution in [0.3, 0.4) is 0 Å². The van der Waals surface area contributed by atoms with Crippen molar-refractivity contribution in [3.05, 3.63) is 0 Å². The Morgan fingerprint density at radius 2 is 1.91 bits per heavy atom. The monoisotopic (exact) mass is 327 g/mol. The van der Waals surface area contributed by atoms with E-state index < -0.39 is 5.60 Å². The van der Waals surface area contributed by atoms with Crippen LogP contribution in [0, 0.1) is 5.41 Å². The largest absolute Gasteiger partial charge is 0.387 e. The predicted octanol–water partition coefficient (Wildman–Crippen LogP) is 0.260. The fourth-order valence-corrected chi connectivity index (χ4v) is 3.63. The minimum Gasteiger partial charge on any atom is -0.387 e. The first-order valence-corrected chi connectivity index (χ1v) is 8.67. The molecule has 2 heterocycles. The first-order chi connectivity index (χ1) is 10.8. The molecule has 23 heavy (non-hydrogen) atoms. The minimum absolute atomic E-state index is 0.182. The minimum atomic E-state index is -0.857. The van der Waals surface area contributed by atoms with E-state index in [-0.39, 0.29) is 11.3 Å². The highest BCUT2D eigenvalue weighted by molar-refractivity contribution is 5.78. The Morgan fingerprint density at radius 3 is 2.57 bits per heavy atom. The number of nitrogens with zero attached hydrogens (tertiary/aromatic N) is 3. The molecule has 0 aliphatic carbocycles. The third-order valence-corrected chi connectivity index (χ3v) is 5.55. The average molecular weight is 327 g/mol. The van der Waals surface area contributed by atoms with Crippen LogP contribution in [0.4, 0.5) is 0 Å².